The second-order valence-electron chi connectivity index (χ2n) is 5.77. The first kappa shape index (κ1) is 15.3. The van der Waals surface area contributed by atoms with E-state index in [0.717, 1.165) is 28.6 Å². The van der Waals surface area contributed by atoms with Gasteiger partial charge < -0.3 is 5.32 Å². The monoisotopic (exact) mass is 336 g/mol. The molecule has 0 unspecified atom stereocenters. The Morgan fingerprint density at radius 2 is 1.76 bits per heavy atom. The van der Waals surface area contributed by atoms with E-state index in [1.165, 1.54) is 6.07 Å². The number of aromatic nitrogens is 3. The molecule has 124 valence electrons. The lowest BCUT2D eigenvalue weighted by Crippen LogP contribution is -1.97. The molecule has 2 aromatic carbocycles. The fourth-order valence-electron chi connectivity index (χ4n) is 2.74. The van der Waals surface area contributed by atoms with Crippen LogP contribution in [0.1, 0.15) is 5.69 Å². The molecule has 4 nitrogen and oxygen atoms in total. The second-order valence-corrected chi connectivity index (χ2v) is 5.77. The largest absolute Gasteiger partial charge is 0.323 e. The van der Waals surface area contributed by atoms with Gasteiger partial charge in [-0.2, -0.15) is 5.10 Å². The topological polar surface area (TPSA) is 53.6 Å². The van der Waals surface area contributed by atoms with Gasteiger partial charge in [0.2, 0.25) is 0 Å². The minimum atomic E-state index is -0.898. The van der Waals surface area contributed by atoms with E-state index in [0.29, 0.717) is 22.9 Å². The third-order valence-corrected chi connectivity index (χ3v) is 3.90. The van der Waals surface area contributed by atoms with Crippen LogP contribution in [0.5, 0.6) is 0 Å². The number of hydrogen-bond donors (Lipinski definition) is 2. The Hall–Kier alpha value is -3.28. The van der Waals surface area contributed by atoms with E-state index in [1.54, 1.807) is 0 Å². The first-order valence-electron chi connectivity index (χ1n) is 7.74. The van der Waals surface area contributed by atoms with E-state index < -0.39 is 11.6 Å². The highest BCUT2D eigenvalue weighted by Crippen LogP contribution is 2.30. The molecule has 0 aliphatic heterocycles. The van der Waals surface area contributed by atoms with E-state index in [4.69, 9.17) is 0 Å². The Bertz CT molecular complexity index is 1070. The number of halogens is 2. The van der Waals surface area contributed by atoms with Gasteiger partial charge in [0.25, 0.3) is 0 Å². The zero-order chi connectivity index (χ0) is 17.4. The van der Waals surface area contributed by atoms with Crippen molar-refractivity contribution < 1.29 is 8.78 Å². The summed E-state index contributed by atoms with van der Waals surface area (Å²) in [5.41, 5.74) is 2.01. The standard InChI is InChI=1S/C19H14F2N4/c1-11-8-18(25-24-11)22-17-10-12-4-2-3-5-14(12)19(23-17)13-6-7-15(20)16(21)9-13/h2-10H,1H3,(H2,22,23,24,25). The van der Waals surface area contributed by atoms with Crippen molar-refractivity contribution in [3.05, 3.63) is 71.9 Å². The number of nitrogens with one attached hydrogen (secondary N) is 2. The van der Waals surface area contributed by atoms with Gasteiger partial charge in [-0.05, 0) is 36.6 Å². The minimum Gasteiger partial charge on any atom is -0.323 e. The van der Waals surface area contributed by atoms with Crippen molar-refractivity contribution in [2.75, 3.05) is 5.32 Å². The smallest absolute Gasteiger partial charge is 0.159 e. The number of hydrogen-bond acceptors (Lipinski definition) is 3. The zero-order valence-corrected chi connectivity index (χ0v) is 13.3. The van der Waals surface area contributed by atoms with E-state index in [-0.39, 0.29) is 0 Å². The molecule has 0 amide bonds. The zero-order valence-electron chi connectivity index (χ0n) is 13.3. The molecule has 0 spiro atoms. The molecule has 2 aromatic heterocycles. The third kappa shape index (κ3) is 2.94. The predicted octanol–water partition coefficient (Wildman–Crippen LogP) is 4.96. The summed E-state index contributed by atoms with van der Waals surface area (Å²) in [7, 11) is 0. The van der Waals surface area contributed by atoms with Crippen LogP contribution in [0.2, 0.25) is 0 Å². The summed E-state index contributed by atoms with van der Waals surface area (Å²) in [6.07, 6.45) is 0. The average molecular weight is 336 g/mol. The molecule has 4 aromatic rings. The van der Waals surface area contributed by atoms with E-state index in [1.807, 2.05) is 43.3 Å². The van der Waals surface area contributed by atoms with Crippen LogP contribution in [0.15, 0.2) is 54.6 Å². The van der Waals surface area contributed by atoms with Gasteiger partial charge >= 0.3 is 0 Å². The lowest BCUT2D eigenvalue weighted by molar-refractivity contribution is 0.509. The van der Waals surface area contributed by atoms with Crippen molar-refractivity contribution >= 4 is 22.4 Å². The SMILES string of the molecule is Cc1cc(Nc2cc3ccccc3c(-c3ccc(F)c(F)c3)n2)n[nH]1. The summed E-state index contributed by atoms with van der Waals surface area (Å²) in [6, 6.07) is 15.2. The number of anilines is 2. The average Bonchev–Trinajstić information content (AvgIpc) is 3.01. The molecule has 0 atom stereocenters. The van der Waals surface area contributed by atoms with E-state index in [9.17, 15) is 8.78 Å². The molecule has 0 aliphatic rings. The maximum atomic E-state index is 13.7. The van der Waals surface area contributed by atoms with Crippen LogP contribution in [0.25, 0.3) is 22.0 Å². The number of aromatic amines is 1. The molecule has 6 heteroatoms. The number of nitrogens with zero attached hydrogens (tertiary/aromatic N) is 2. The lowest BCUT2D eigenvalue weighted by atomic mass is 10.0. The Kier molecular flexibility index (Phi) is 3.65. The highest BCUT2D eigenvalue weighted by molar-refractivity contribution is 5.96. The predicted molar refractivity (Wildman–Crippen MR) is 93.7 cm³/mol. The first-order chi connectivity index (χ1) is 12.1. The second kappa shape index (κ2) is 5.98. The molecule has 0 radical (unpaired) electrons. The molecule has 4 rings (SSSR count). The van der Waals surface area contributed by atoms with Crippen LogP contribution in [-0.2, 0) is 0 Å². The molecule has 2 heterocycles. The summed E-state index contributed by atoms with van der Waals surface area (Å²) in [6.45, 7) is 1.90. The maximum Gasteiger partial charge on any atom is 0.159 e. The molecular formula is C19H14F2N4. The molecule has 0 aliphatic carbocycles. The van der Waals surface area contributed by atoms with E-state index >= 15 is 0 Å². The Morgan fingerprint density at radius 1 is 0.920 bits per heavy atom. The number of benzene rings is 2. The van der Waals surface area contributed by atoms with Crippen LogP contribution >= 0.6 is 0 Å². The van der Waals surface area contributed by atoms with Gasteiger partial charge in [-0.15, -0.1) is 0 Å². The first-order valence-corrected chi connectivity index (χ1v) is 7.74. The van der Waals surface area contributed by atoms with Gasteiger partial charge in [-0.25, -0.2) is 13.8 Å². The van der Waals surface area contributed by atoms with Gasteiger partial charge in [0.05, 0.1) is 5.69 Å². The summed E-state index contributed by atoms with van der Waals surface area (Å²) >= 11 is 0. The normalized spacial score (nSPS) is 11.0. The van der Waals surface area contributed by atoms with Crippen LogP contribution in [0.4, 0.5) is 20.4 Å². The quantitative estimate of drug-likeness (QED) is 0.556. The molecule has 0 bridgehead atoms. The fourth-order valence-corrected chi connectivity index (χ4v) is 2.74. The van der Waals surface area contributed by atoms with Crippen molar-refractivity contribution in [2.45, 2.75) is 6.92 Å². The van der Waals surface area contributed by atoms with Gasteiger partial charge in [-0.1, -0.05) is 24.3 Å². The maximum absolute atomic E-state index is 13.7. The number of H-pyrrole nitrogens is 1. The molecule has 0 saturated carbocycles. The van der Waals surface area contributed by atoms with E-state index in [2.05, 4.69) is 20.5 Å². The van der Waals surface area contributed by atoms with Crippen LogP contribution < -0.4 is 5.32 Å². The molecule has 0 fully saturated rings. The number of rotatable bonds is 3. The third-order valence-electron chi connectivity index (χ3n) is 3.90. The van der Waals surface area contributed by atoms with Gasteiger partial charge in [0, 0.05) is 22.7 Å². The molecule has 0 saturated heterocycles. The fraction of sp³-hybridized carbons (Fsp3) is 0.0526. The highest BCUT2D eigenvalue weighted by atomic mass is 19.2. The van der Waals surface area contributed by atoms with Crippen LogP contribution in [0.3, 0.4) is 0 Å². The summed E-state index contributed by atoms with van der Waals surface area (Å²) in [5.74, 6) is -0.569. The van der Waals surface area contributed by atoms with Crippen molar-refractivity contribution in [2.24, 2.45) is 0 Å². The van der Waals surface area contributed by atoms with Crippen molar-refractivity contribution in [1.29, 1.82) is 0 Å². The van der Waals surface area contributed by atoms with Gasteiger partial charge in [0.1, 0.15) is 5.82 Å². The highest BCUT2D eigenvalue weighted by Gasteiger charge is 2.11. The van der Waals surface area contributed by atoms with Gasteiger partial charge in [0.15, 0.2) is 17.5 Å². The van der Waals surface area contributed by atoms with Crippen molar-refractivity contribution in [3.63, 3.8) is 0 Å². The minimum absolute atomic E-state index is 0.511. The summed E-state index contributed by atoms with van der Waals surface area (Å²) in [5, 5.41) is 11.9. The number of pyridine rings is 1. The molecule has 25 heavy (non-hydrogen) atoms. The number of aryl methyl sites for hydroxylation is 1. The van der Waals surface area contributed by atoms with Crippen molar-refractivity contribution in [3.8, 4) is 11.3 Å². The van der Waals surface area contributed by atoms with Gasteiger partial charge in [-0.3, -0.25) is 5.10 Å². The Labute approximate surface area is 142 Å². The Morgan fingerprint density at radius 3 is 2.52 bits per heavy atom. The molecule has 2 N–H and O–H groups in total. The summed E-state index contributed by atoms with van der Waals surface area (Å²) in [4.78, 5) is 4.59. The lowest BCUT2D eigenvalue weighted by Gasteiger charge is -2.10. The summed E-state index contributed by atoms with van der Waals surface area (Å²) < 4.78 is 27.0. The Balaban J connectivity index is 1.87. The number of fused-ring (bicyclic) bond motifs is 1. The van der Waals surface area contributed by atoms with Crippen LogP contribution in [0, 0.1) is 18.6 Å². The molecular weight excluding hydrogens is 322 g/mol. The van der Waals surface area contributed by atoms with Crippen LogP contribution in [-0.4, -0.2) is 15.2 Å². The van der Waals surface area contributed by atoms with Crippen molar-refractivity contribution in [1.82, 2.24) is 15.2 Å².